The van der Waals surface area contributed by atoms with Gasteiger partial charge in [-0.25, -0.2) is 4.79 Å². The van der Waals surface area contributed by atoms with Gasteiger partial charge in [0.2, 0.25) is 0 Å². The molecule has 0 aromatic heterocycles. The topological polar surface area (TPSA) is 63.6 Å². The average Bonchev–Trinajstić information content (AvgIpc) is 2.00. The second-order valence-corrected chi connectivity index (χ2v) is 2.37. The van der Waals surface area contributed by atoms with Crippen LogP contribution in [0.2, 0.25) is 0 Å². The van der Waals surface area contributed by atoms with Crippen molar-refractivity contribution in [3.8, 4) is 0 Å². The molecule has 0 aromatic rings. The van der Waals surface area contributed by atoms with Crippen molar-refractivity contribution in [1.29, 1.82) is 0 Å². The molecule has 0 heterocycles. The van der Waals surface area contributed by atoms with Crippen LogP contribution in [-0.2, 0) is 14.3 Å². The number of hydrogen-bond donors (Lipinski definition) is 1. The van der Waals surface area contributed by atoms with Crippen molar-refractivity contribution in [2.45, 2.75) is 20.0 Å². The number of carbonyl (C=O) groups excluding carboxylic acids is 2. The third-order valence-corrected chi connectivity index (χ3v) is 1.56. The molecule has 0 aliphatic carbocycles. The Hall–Kier alpha value is -0.900. The van der Waals surface area contributed by atoms with Gasteiger partial charge < -0.3 is 9.84 Å². The predicted molar refractivity (Wildman–Crippen MR) is 37.9 cm³/mol. The van der Waals surface area contributed by atoms with Crippen molar-refractivity contribution in [2.75, 3.05) is 7.11 Å². The average molecular weight is 160 g/mol. The van der Waals surface area contributed by atoms with Crippen molar-refractivity contribution in [2.24, 2.45) is 5.92 Å². The number of esters is 1. The normalized spacial score (nSPS) is 15.3. The van der Waals surface area contributed by atoms with Gasteiger partial charge in [-0.3, -0.25) is 4.79 Å². The van der Waals surface area contributed by atoms with Crippen LogP contribution >= 0.6 is 0 Å². The molecule has 0 saturated carbocycles. The summed E-state index contributed by atoms with van der Waals surface area (Å²) < 4.78 is 4.24. The van der Waals surface area contributed by atoms with Gasteiger partial charge in [-0.15, -0.1) is 0 Å². The van der Waals surface area contributed by atoms with Gasteiger partial charge in [0.05, 0.1) is 13.0 Å². The van der Waals surface area contributed by atoms with Crippen molar-refractivity contribution < 1.29 is 19.4 Å². The van der Waals surface area contributed by atoms with Crippen LogP contribution in [0.3, 0.4) is 0 Å². The summed E-state index contributed by atoms with van der Waals surface area (Å²) in [5.74, 6) is -1.70. The molecule has 0 amide bonds. The van der Waals surface area contributed by atoms with Gasteiger partial charge in [-0.1, -0.05) is 6.92 Å². The van der Waals surface area contributed by atoms with E-state index in [9.17, 15) is 9.59 Å². The minimum absolute atomic E-state index is 0.233. The lowest BCUT2D eigenvalue weighted by Crippen LogP contribution is -2.32. The highest BCUT2D eigenvalue weighted by atomic mass is 16.5. The highest BCUT2D eigenvalue weighted by Crippen LogP contribution is 2.05. The molecule has 2 atom stereocenters. The number of methoxy groups -OCH3 is 1. The van der Waals surface area contributed by atoms with Gasteiger partial charge in [-0.2, -0.15) is 0 Å². The molecule has 4 nitrogen and oxygen atoms in total. The first kappa shape index (κ1) is 10.1. The lowest BCUT2D eigenvalue weighted by Gasteiger charge is -2.12. The van der Waals surface area contributed by atoms with E-state index in [2.05, 4.69) is 4.74 Å². The summed E-state index contributed by atoms with van der Waals surface area (Å²) in [7, 11) is 1.17. The highest BCUT2D eigenvalue weighted by Gasteiger charge is 2.25. The number of Topliss-reactive ketones (excluding diaryl/α,β-unsaturated/α-hetero) is 1. The molecule has 1 unspecified atom stereocenters. The summed E-state index contributed by atoms with van der Waals surface area (Å²) in [6.07, 6.45) is -1.34. The van der Waals surface area contributed by atoms with Gasteiger partial charge >= 0.3 is 5.97 Å². The summed E-state index contributed by atoms with van der Waals surface area (Å²) in [5, 5.41) is 9.06. The molecular weight excluding hydrogens is 148 g/mol. The maximum Gasteiger partial charge on any atom is 0.335 e. The van der Waals surface area contributed by atoms with E-state index < -0.39 is 18.0 Å². The number of aliphatic hydroxyl groups excluding tert-OH is 1. The Morgan fingerprint density at radius 3 is 2.18 bits per heavy atom. The molecule has 0 spiro atoms. The number of rotatable bonds is 3. The number of aliphatic hydroxyl groups is 1. The summed E-state index contributed by atoms with van der Waals surface area (Å²) in [5.41, 5.74) is 0. The van der Waals surface area contributed by atoms with E-state index in [1.54, 1.807) is 0 Å². The SMILES string of the molecule is COC(=O)C(O)[C@H](C)C(C)=O. The van der Waals surface area contributed by atoms with E-state index in [-0.39, 0.29) is 5.78 Å². The molecule has 0 fully saturated rings. The molecule has 64 valence electrons. The molecular formula is C7H12O4. The minimum Gasteiger partial charge on any atom is -0.467 e. The van der Waals surface area contributed by atoms with Gasteiger partial charge in [-0.05, 0) is 6.92 Å². The lowest BCUT2D eigenvalue weighted by molar-refractivity contribution is -0.155. The zero-order chi connectivity index (χ0) is 9.02. The second kappa shape index (κ2) is 4.08. The smallest absolute Gasteiger partial charge is 0.335 e. The molecule has 0 saturated heterocycles. The zero-order valence-electron chi connectivity index (χ0n) is 6.83. The first-order valence-electron chi connectivity index (χ1n) is 3.27. The summed E-state index contributed by atoms with van der Waals surface area (Å²) in [6.45, 7) is 2.79. The van der Waals surface area contributed by atoms with Crippen molar-refractivity contribution in [3.63, 3.8) is 0 Å². The first-order chi connectivity index (χ1) is 5.00. The number of hydrogen-bond acceptors (Lipinski definition) is 4. The van der Waals surface area contributed by atoms with Gasteiger partial charge in [0.25, 0.3) is 0 Å². The van der Waals surface area contributed by atoms with E-state index in [1.165, 1.54) is 21.0 Å². The van der Waals surface area contributed by atoms with Gasteiger partial charge in [0.15, 0.2) is 6.10 Å². The van der Waals surface area contributed by atoms with E-state index in [4.69, 9.17) is 5.11 Å². The molecule has 0 aliphatic heterocycles. The fourth-order valence-corrected chi connectivity index (χ4v) is 0.547. The molecule has 1 N–H and O–H groups in total. The Kier molecular flexibility index (Phi) is 3.74. The summed E-state index contributed by atoms with van der Waals surface area (Å²) in [4.78, 5) is 21.3. The van der Waals surface area contributed by atoms with Crippen LogP contribution in [0.1, 0.15) is 13.8 Å². The largest absolute Gasteiger partial charge is 0.467 e. The Bertz CT molecular complexity index is 164. The van der Waals surface area contributed by atoms with Crippen LogP contribution < -0.4 is 0 Å². The van der Waals surface area contributed by atoms with Crippen LogP contribution in [0.5, 0.6) is 0 Å². The third-order valence-electron chi connectivity index (χ3n) is 1.56. The third kappa shape index (κ3) is 2.67. The van der Waals surface area contributed by atoms with Gasteiger partial charge in [0, 0.05) is 0 Å². The highest BCUT2D eigenvalue weighted by molar-refractivity contribution is 5.86. The zero-order valence-corrected chi connectivity index (χ0v) is 6.83. The molecule has 11 heavy (non-hydrogen) atoms. The van der Waals surface area contributed by atoms with Crippen LogP contribution in [-0.4, -0.2) is 30.1 Å². The van der Waals surface area contributed by atoms with E-state index in [0.717, 1.165) is 0 Å². The molecule has 0 radical (unpaired) electrons. The Morgan fingerprint density at radius 1 is 1.45 bits per heavy atom. The molecule has 4 heteroatoms. The second-order valence-electron chi connectivity index (χ2n) is 2.37. The first-order valence-corrected chi connectivity index (χ1v) is 3.27. The maximum atomic E-state index is 10.6. The van der Waals surface area contributed by atoms with Crippen molar-refractivity contribution in [3.05, 3.63) is 0 Å². The van der Waals surface area contributed by atoms with E-state index in [0.29, 0.717) is 0 Å². The van der Waals surface area contributed by atoms with Crippen LogP contribution in [0.4, 0.5) is 0 Å². The summed E-state index contributed by atoms with van der Waals surface area (Å²) in [6, 6.07) is 0. The number of carbonyl (C=O) groups is 2. The Balaban J connectivity index is 4.12. The monoisotopic (exact) mass is 160 g/mol. The van der Waals surface area contributed by atoms with Crippen LogP contribution in [0.25, 0.3) is 0 Å². The lowest BCUT2D eigenvalue weighted by atomic mass is 10.0. The fraction of sp³-hybridized carbons (Fsp3) is 0.714. The standard InChI is InChI=1S/C7H12O4/c1-4(5(2)8)6(9)7(10)11-3/h4,6,9H,1-3H3/t4-,6?/m1/s1. The maximum absolute atomic E-state index is 10.6. The molecule has 0 bridgehead atoms. The van der Waals surface area contributed by atoms with E-state index in [1.807, 2.05) is 0 Å². The Labute approximate surface area is 65.2 Å². The number of ketones is 1. The predicted octanol–water partition coefficient (Wildman–Crippen LogP) is -0.255. The van der Waals surface area contributed by atoms with Gasteiger partial charge in [0.1, 0.15) is 5.78 Å². The number of ether oxygens (including phenoxy) is 1. The van der Waals surface area contributed by atoms with Crippen molar-refractivity contribution in [1.82, 2.24) is 0 Å². The minimum atomic E-state index is -1.34. The van der Waals surface area contributed by atoms with Crippen LogP contribution in [0.15, 0.2) is 0 Å². The fourth-order valence-electron chi connectivity index (χ4n) is 0.547. The van der Waals surface area contributed by atoms with Crippen molar-refractivity contribution >= 4 is 11.8 Å². The Morgan fingerprint density at radius 2 is 1.91 bits per heavy atom. The molecule has 0 aromatic carbocycles. The van der Waals surface area contributed by atoms with Crippen LogP contribution in [0, 0.1) is 5.92 Å². The summed E-state index contributed by atoms with van der Waals surface area (Å²) >= 11 is 0. The quantitative estimate of drug-likeness (QED) is 0.578. The molecule has 0 rings (SSSR count). The molecule has 0 aliphatic rings. The van der Waals surface area contributed by atoms with E-state index >= 15 is 0 Å².